The summed E-state index contributed by atoms with van der Waals surface area (Å²) < 4.78 is 0. The minimum absolute atomic E-state index is 0.152. The van der Waals surface area contributed by atoms with E-state index in [-0.39, 0.29) is 12.1 Å². The fraction of sp³-hybridized carbons (Fsp3) is 1.00. The van der Waals surface area contributed by atoms with Gasteiger partial charge in [-0.25, -0.2) is 0 Å². The second-order valence-corrected chi connectivity index (χ2v) is 6.13. The van der Waals surface area contributed by atoms with Crippen molar-refractivity contribution in [3.8, 4) is 0 Å². The van der Waals surface area contributed by atoms with Gasteiger partial charge in [-0.3, -0.25) is 4.90 Å². The normalized spacial score (nSPS) is 28.0. The molecule has 0 aliphatic carbocycles. The van der Waals surface area contributed by atoms with Gasteiger partial charge in [-0.2, -0.15) is 0 Å². The van der Waals surface area contributed by atoms with Gasteiger partial charge in [0.1, 0.15) is 0 Å². The molecule has 4 nitrogen and oxygen atoms in total. The second kappa shape index (κ2) is 6.85. The molecular weight excluding hydrogens is 226 g/mol. The van der Waals surface area contributed by atoms with Crippen LogP contribution in [0.1, 0.15) is 34.1 Å². The van der Waals surface area contributed by atoms with Crippen molar-refractivity contribution in [1.29, 1.82) is 0 Å². The highest BCUT2D eigenvalue weighted by Gasteiger charge is 2.30. The van der Waals surface area contributed by atoms with E-state index in [0.717, 1.165) is 32.6 Å². The van der Waals surface area contributed by atoms with Crippen LogP contribution < -0.4 is 5.32 Å². The van der Waals surface area contributed by atoms with E-state index in [1.165, 1.54) is 0 Å². The number of nitrogens with one attached hydrogen (secondary N) is 1. The van der Waals surface area contributed by atoms with Gasteiger partial charge >= 0.3 is 0 Å². The van der Waals surface area contributed by atoms with Crippen LogP contribution in [-0.4, -0.2) is 72.4 Å². The number of hydrogen-bond acceptors (Lipinski definition) is 4. The molecule has 3 unspecified atom stereocenters. The van der Waals surface area contributed by atoms with Crippen LogP contribution in [0.5, 0.6) is 0 Å². The third-order valence-electron chi connectivity index (χ3n) is 4.31. The molecule has 0 radical (unpaired) electrons. The molecule has 0 spiro atoms. The molecule has 18 heavy (non-hydrogen) atoms. The SMILES string of the molecule is CCNC(C)(CO)CC(C)N1CCN(C)C(C)C1. The summed E-state index contributed by atoms with van der Waals surface area (Å²) in [5, 5.41) is 13.0. The molecule has 0 aromatic carbocycles. The second-order valence-electron chi connectivity index (χ2n) is 6.13. The van der Waals surface area contributed by atoms with Crippen molar-refractivity contribution in [2.75, 3.05) is 39.8 Å². The maximum Gasteiger partial charge on any atom is 0.0611 e. The predicted octanol–water partition coefficient (Wildman–Crippen LogP) is 0.761. The zero-order valence-electron chi connectivity index (χ0n) is 12.7. The van der Waals surface area contributed by atoms with Gasteiger partial charge in [-0.15, -0.1) is 0 Å². The summed E-state index contributed by atoms with van der Waals surface area (Å²) in [5.41, 5.74) is -0.152. The average Bonchev–Trinajstić information content (AvgIpc) is 2.32. The van der Waals surface area contributed by atoms with Gasteiger partial charge < -0.3 is 15.3 Å². The van der Waals surface area contributed by atoms with Crippen LogP contribution in [0, 0.1) is 0 Å². The Kier molecular flexibility index (Phi) is 6.05. The molecule has 1 fully saturated rings. The standard InChI is InChI=1S/C14H31N3O/c1-6-15-14(4,11-18)9-12(2)17-8-7-16(5)13(3)10-17/h12-13,15,18H,6-11H2,1-5H3. The topological polar surface area (TPSA) is 38.7 Å². The Balaban J connectivity index is 2.51. The molecule has 2 N–H and O–H groups in total. The molecule has 0 aromatic heterocycles. The summed E-state index contributed by atoms with van der Waals surface area (Å²) in [4.78, 5) is 4.97. The van der Waals surface area contributed by atoms with Gasteiger partial charge in [-0.1, -0.05) is 6.92 Å². The van der Waals surface area contributed by atoms with Crippen molar-refractivity contribution in [3.63, 3.8) is 0 Å². The first kappa shape index (κ1) is 15.9. The van der Waals surface area contributed by atoms with Gasteiger partial charge in [0.2, 0.25) is 0 Å². The number of piperazine rings is 1. The van der Waals surface area contributed by atoms with Gasteiger partial charge in [0.15, 0.2) is 0 Å². The van der Waals surface area contributed by atoms with E-state index in [1.807, 2.05) is 0 Å². The van der Waals surface area contributed by atoms with Crippen molar-refractivity contribution in [2.45, 2.75) is 51.7 Å². The highest BCUT2D eigenvalue weighted by Crippen LogP contribution is 2.18. The Morgan fingerprint density at radius 2 is 2.11 bits per heavy atom. The van der Waals surface area contributed by atoms with Crippen LogP contribution >= 0.6 is 0 Å². The fourth-order valence-electron chi connectivity index (χ4n) is 2.88. The third kappa shape index (κ3) is 4.19. The zero-order chi connectivity index (χ0) is 13.8. The van der Waals surface area contributed by atoms with Crippen LogP contribution in [0.25, 0.3) is 0 Å². The Morgan fingerprint density at radius 1 is 1.44 bits per heavy atom. The smallest absolute Gasteiger partial charge is 0.0611 e. The quantitative estimate of drug-likeness (QED) is 0.737. The number of rotatable bonds is 6. The lowest BCUT2D eigenvalue weighted by molar-refractivity contribution is 0.0545. The van der Waals surface area contributed by atoms with E-state index in [2.05, 4.69) is 49.9 Å². The van der Waals surface area contributed by atoms with Gasteiger partial charge in [-0.05, 0) is 40.8 Å². The number of nitrogens with zero attached hydrogens (tertiary/aromatic N) is 2. The van der Waals surface area contributed by atoms with Crippen molar-refractivity contribution < 1.29 is 5.11 Å². The van der Waals surface area contributed by atoms with E-state index in [1.54, 1.807) is 0 Å². The molecule has 0 saturated carbocycles. The molecule has 4 heteroatoms. The molecule has 0 amide bonds. The van der Waals surface area contributed by atoms with Crippen LogP contribution in [0.2, 0.25) is 0 Å². The minimum Gasteiger partial charge on any atom is -0.394 e. The van der Waals surface area contributed by atoms with Crippen LogP contribution in [0.15, 0.2) is 0 Å². The lowest BCUT2D eigenvalue weighted by Crippen LogP contribution is -2.56. The van der Waals surface area contributed by atoms with E-state index in [9.17, 15) is 5.11 Å². The first-order chi connectivity index (χ1) is 8.41. The first-order valence-electron chi connectivity index (χ1n) is 7.22. The Bertz CT molecular complexity index is 249. The number of likely N-dealkylation sites (N-methyl/N-ethyl adjacent to an activating group) is 2. The minimum atomic E-state index is -0.152. The molecule has 1 rings (SSSR count). The van der Waals surface area contributed by atoms with Crippen molar-refractivity contribution >= 4 is 0 Å². The first-order valence-corrected chi connectivity index (χ1v) is 7.22. The third-order valence-corrected chi connectivity index (χ3v) is 4.31. The molecule has 1 aliphatic rings. The largest absolute Gasteiger partial charge is 0.394 e. The van der Waals surface area contributed by atoms with Crippen LogP contribution in [0.3, 0.4) is 0 Å². The number of aliphatic hydroxyl groups is 1. The summed E-state index contributed by atoms with van der Waals surface area (Å²) in [7, 11) is 2.20. The summed E-state index contributed by atoms with van der Waals surface area (Å²) in [5.74, 6) is 0. The molecule has 108 valence electrons. The van der Waals surface area contributed by atoms with E-state index < -0.39 is 0 Å². The van der Waals surface area contributed by atoms with Crippen molar-refractivity contribution in [1.82, 2.24) is 15.1 Å². The lowest BCUT2D eigenvalue weighted by atomic mass is 9.93. The van der Waals surface area contributed by atoms with E-state index in [4.69, 9.17) is 0 Å². The van der Waals surface area contributed by atoms with Crippen LogP contribution in [0.4, 0.5) is 0 Å². The fourth-order valence-corrected chi connectivity index (χ4v) is 2.88. The molecule has 0 aromatic rings. The maximum atomic E-state index is 9.57. The van der Waals surface area contributed by atoms with Gasteiger partial charge in [0, 0.05) is 37.3 Å². The summed E-state index contributed by atoms with van der Waals surface area (Å²) in [6.07, 6.45) is 0.994. The molecule has 1 saturated heterocycles. The zero-order valence-corrected chi connectivity index (χ0v) is 12.7. The van der Waals surface area contributed by atoms with Gasteiger partial charge in [0.05, 0.1) is 6.61 Å². The maximum absolute atomic E-state index is 9.57. The number of aliphatic hydroxyl groups excluding tert-OH is 1. The Morgan fingerprint density at radius 3 is 2.61 bits per heavy atom. The number of hydrogen-bond donors (Lipinski definition) is 2. The van der Waals surface area contributed by atoms with Crippen molar-refractivity contribution in [3.05, 3.63) is 0 Å². The lowest BCUT2D eigenvalue weighted by Gasteiger charge is -2.43. The van der Waals surface area contributed by atoms with E-state index >= 15 is 0 Å². The summed E-state index contributed by atoms with van der Waals surface area (Å²) >= 11 is 0. The molecular formula is C14H31N3O. The Labute approximate surface area is 112 Å². The average molecular weight is 257 g/mol. The Hall–Kier alpha value is -0.160. The molecule has 1 heterocycles. The summed E-state index contributed by atoms with van der Waals surface area (Å²) in [6.45, 7) is 13.3. The predicted molar refractivity (Wildman–Crippen MR) is 76.9 cm³/mol. The molecule has 1 aliphatic heterocycles. The highest BCUT2D eigenvalue weighted by molar-refractivity contribution is 4.89. The summed E-state index contributed by atoms with van der Waals surface area (Å²) in [6, 6.07) is 1.14. The molecule has 0 bridgehead atoms. The van der Waals surface area contributed by atoms with Crippen LogP contribution in [-0.2, 0) is 0 Å². The highest BCUT2D eigenvalue weighted by atomic mass is 16.3. The van der Waals surface area contributed by atoms with E-state index in [0.29, 0.717) is 12.1 Å². The van der Waals surface area contributed by atoms with Gasteiger partial charge in [0.25, 0.3) is 0 Å². The van der Waals surface area contributed by atoms with Crippen molar-refractivity contribution in [2.24, 2.45) is 0 Å². The molecule has 3 atom stereocenters. The monoisotopic (exact) mass is 257 g/mol.